The number of ether oxygens (including phenoxy) is 2. The predicted octanol–water partition coefficient (Wildman–Crippen LogP) is 5.87. The number of hydrogen-bond acceptors (Lipinski definition) is 8. The fourth-order valence-electron chi connectivity index (χ4n) is 4.23. The molecule has 0 spiro atoms. The van der Waals surface area contributed by atoms with Gasteiger partial charge in [-0.05, 0) is 84.3 Å². The maximum absolute atomic E-state index is 13.0. The van der Waals surface area contributed by atoms with Crippen molar-refractivity contribution in [1.82, 2.24) is 0 Å². The van der Waals surface area contributed by atoms with Crippen molar-refractivity contribution >= 4 is 33.5 Å². The van der Waals surface area contributed by atoms with Crippen molar-refractivity contribution in [3.8, 4) is 34.5 Å². The largest absolute Gasteiger partial charge is 0.504 e. The summed E-state index contributed by atoms with van der Waals surface area (Å²) in [5.41, 5.74) is 1.16. The summed E-state index contributed by atoms with van der Waals surface area (Å²) in [6.45, 7) is 3.45. The fraction of sp³-hybridized carbons (Fsp3) is 0.0667. The van der Waals surface area contributed by atoms with Crippen LogP contribution in [-0.2, 0) is 0 Å². The minimum atomic E-state index is -0.749. The van der Waals surface area contributed by atoms with Crippen LogP contribution in [0.25, 0.3) is 21.5 Å². The Labute approximate surface area is 216 Å². The molecule has 0 heterocycles. The predicted molar refractivity (Wildman–Crippen MR) is 140 cm³/mol. The van der Waals surface area contributed by atoms with Crippen molar-refractivity contribution in [1.29, 1.82) is 0 Å². The highest BCUT2D eigenvalue weighted by Crippen LogP contribution is 2.43. The van der Waals surface area contributed by atoms with E-state index in [4.69, 9.17) is 9.47 Å². The normalized spacial score (nSPS) is 11.0. The first kappa shape index (κ1) is 24.5. The molecule has 0 saturated heterocycles. The topological polar surface area (TPSA) is 134 Å². The lowest BCUT2D eigenvalue weighted by molar-refractivity contribution is 0.0721. The third-order valence-corrected chi connectivity index (χ3v) is 6.43. The summed E-state index contributed by atoms with van der Waals surface area (Å²) in [6, 6.07) is 18.5. The molecular weight excluding hydrogens is 488 g/mol. The van der Waals surface area contributed by atoms with Gasteiger partial charge < -0.3 is 29.9 Å². The molecule has 0 saturated carbocycles. The van der Waals surface area contributed by atoms with Crippen molar-refractivity contribution in [2.24, 2.45) is 0 Å². The Kier molecular flexibility index (Phi) is 6.00. The Balaban J connectivity index is 1.66. The van der Waals surface area contributed by atoms with Crippen LogP contribution in [0.15, 0.2) is 72.8 Å². The molecule has 38 heavy (non-hydrogen) atoms. The molecule has 4 N–H and O–H groups in total. The summed E-state index contributed by atoms with van der Waals surface area (Å²) < 4.78 is 11.6. The van der Waals surface area contributed by atoms with E-state index in [-0.39, 0.29) is 34.1 Å². The number of fused-ring (bicyclic) bond motifs is 2. The van der Waals surface area contributed by atoms with Gasteiger partial charge in [-0.2, -0.15) is 0 Å². The molecule has 0 bridgehead atoms. The van der Waals surface area contributed by atoms with Gasteiger partial charge in [0.1, 0.15) is 11.5 Å². The van der Waals surface area contributed by atoms with Crippen LogP contribution < -0.4 is 9.47 Å². The van der Waals surface area contributed by atoms with Gasteiger partial charge >= 0.3 is 11.9 Å². The third-order valence-electron chi connectivity index (χ3n) is 6.43. The molecule has 8 heteroatoms. The smallest absolute Gasteiger partial charge is 0.343 e. The van der Waals surface area contributed by atoms with Gasteiger partial charge in [0.2, 0.25) is 0 Å². The van der Waals surface area contributed by atoms with Crippen LogP contribution in [0.3, 0.4) is 0 Å². The Hall–Kier alpha value is -5.24. The lowest BCUT2D eigenvalue weighted by atomic mass is 9.96. The summed E-state index contributed by atoms with van der Waals surface area (Å²) in [7, 11) is 0. The molecule has 8 nitrogen and oxygen atoms in total. The molecule has 5 rings (SSSR count). The summed E-state index contributed by atoms with van der Waals surface area (Å²) >= 11 is 0. The van der Waals surface area contributed by atoms with E-state index in [0.717, 1.165) is 22.9 Å². The molecule has 0 aliphatic heterocycles. The molecule has 5 aromatic rings. The van der Waals surface area contributed by atoms with Crippen molar-refractivity contribution in [2.45, 2.75) is 13.8 Å². The summed E-state index contributed by atoms with van der Waals surface area (Å²) in [5, 5.41) is 41.5. The van der Waals surface area contributed by atoms with E-state index in [1.165, 1.54) is 24.3 Å². The Morgan fingerprint density at radius 1 is 0.553 bits per heavy atom. The van der Waals surface area contributed by atoms with Gasteiger partial charge in [-0.15, -0.1) is 0 Å². The molecule has 0 unspecified atom stereocenters. The van der Waals surface area contributed by atoms with Crippen molar-refractivity contribution in [3.63, 3.8) is 0 Å². The van der Waals surface area contributed by atoms with Crippen molar-refractivity contribution < 1.29 is 39.5 Å². The van der Waals surface area contributed by atoms with E-state index in [9.17, 15) is 30.0 Å². The quantitative estimate of drug-likeness (QED) is 0.102. The van der Waals surface area contributed by atoms with Gasteiger partial charge in [-0.25, -0.2) is 9.59 Å². The van der Waals surface area contributed by atoms with Crippen LogP contribution >= 0.6 is 0 Å². The zero-order valence-corrected chi connectivity index (χ0v) is 20.4. The molecule has 0 fully saturated rings. The number of carbonyl (C=O) groups excluding carboxylic acids is 2. The summed E-state index contributed by atoms with van der Waals surface area (Å²) in [5.74, 6) is -2.62. The Morgan fingerprint density at radius 2 is 0.947 bits per heavy atom. The molecule has 0 aliphatic carbocycles. The molecule has 190 valence electrons. The lowest BCUT2D eigenvalue weighted by Gasteiger charge is -2.19. The molecule has 0 aromatic heterocycles. The highest BCUT2D eigenvalue weighted by atomic mass is 16.5. The highest BCUT2D eigenvalue weighted by Gasteiger charge is 2.23. The van der Waals surface area contributed by atoms with E-state index in [0.29, 0.717) is 21.9 Å². The molecule has 0 radical (unpaired) electrons. The van der Waals surface area contributed by atoms with Gasteiger partial charge in [-0.3, -0.25) is 0 Å². The first-order valence-electron chi connectivity index (χ1n) is 11.6. The fourth-order valence-corrected chi connectivity index (χ4v) is 4.23. The minimum Gasteiger partial charge on any atom is -0.504 e. The van der Waals surface area contributed by atoms with Gasteiger partial charge in [0.15, 0.2) is 23.0 Å². The number of aromatic hydroxyl groups is 4. The van der Waals surface area contributed by atoms with Crippen LogP contribution in [0.4, 0.5) is 0 Å². The number of hydrogen-bond donors (Lipinski definition) is 4. The third kappa shape index (κ3) is 4.28. The van der Waals surface area contributed by atoms with Gasteiger partial charge in [0.25, 0.3) is 0 Å². The summed E-state index contributed by atoms with van der Waals surface area (Å²) in [6.07, 6.45) is 0. The van der Waals surface area contributed by atoms with Crippen LogP contribution in [0.5, 0.6) is 34.5 Å². The first-order chi connectivity index (χ1) is 18.1. The molecule has 0 aliphatic rings. The average Bonchev–Trinajstić information content (AvgIpc) is 2.91. The number of phenols is 4. The number of carbonyl (C=O) groups is 2. The van der Waals surface area contributed by atoms with Crippen molar-refractivity contribution in [2.75, 3.05) is 0 Å². The van der Waals surface area contributed by atoms with Crippen LogP contribution in [0.2, 0.25) is 0 Å². The number of rotatable bonds is 4. The molecule has 0 amide bonds. The van der Waals surface area contributed by atoms with Gasteiger partial charge in [0.05, 0.1) is 11.1 Å². The minimum absolute atomic E-state index is 0.0361. The monoisotopic (exact) mass is 510 g/mol. The van der Waals surface area contributed by atoms with E-state index in [1.54, 1.807) is 13.8 Å². The summed E-state index contributed by atoms with van der Waals surface area (Å²) in [4.78, 5) is 26.0. The highest BCUT2D eigenvalue weighted by molar-refractivity contribution is 6.07. The zero-order valence-electron chi connectivity index (χ0n) is 20.4. The van der Waals surface area contributed by atoms with Gasteiger partial charge in [0, 0.05) is 10.8 Å². The number of phenolic OH excluding ortho intramolecular Hbond substituents is 4. The van der Waals surface area contributed by atoms with Crippen LogP contribution in [0.1, 0.15) is 31.8 Å². The van der Waals surface area contributed by atoms with E-state index >= 15 is 0 Å². The first-order valence-corrected chi connectivity index (χ1v) is 11.6. The second-order valence-corrected chi connectivity index (χ2v) is 8.84. The maximum atomic E-state index is 13.0. The van der Waals surface area contributed by atoms with Crippen LogP contribution in [-0.4, -0.2) is 32.4 Å². The molecule has 5 aromatic carbocycles. The Morgan fingerprint density at radius 3 is 1.32 bits per heavy atom. The SMILES string of the molecule is Cc1c(C)c(OC(=O)c2ccc(O)c(O)c2)c2cc3ccccc3cc2c1OC(=O)c1ccc(O)c(O)c1. The Bertz CT molecular complexity index is 1640. The maximum Gasteiger partial charge on any atom is 0.343 e. The van der Waals surface area contributed by atoms with Crippen LogP contribution in [0, 0.1) is 13.8 Å². The lowest BCUT2D eigenvalue weighted by Crippen LogP contribution is -2.13. The number of benzene rings is 5. The zero-order chi connectivity index (χ0) is 27.1. The second kappa shape index (κ2) is 9.33. The van der Waals surface area contributed by atoms with Crippen molar-refractivity contribution in [3.05, 3.63) is 95.1 Å². The standard InChI is InChI=1S/C30H22O8/c1-15-16(2)28(38-30(36)20-8-10-24(32)26(34)14-20)22-12-18-6-4-3-5-17(18)11-21(22)27(15)37-29(35)19-7-9-23(31)25(33)13-19/h3-14,31-34H,1-2H3. The molecule has 0 atom stereocenters. The van der Waals surface area contributed by atoms with E-state index < -0.39 is 23.4 Å². The molecular formula is C30H22O8. The number of esters is 2. The van der Waals surface area contributed by atoms with E-state index in [1.807, 2.05) is 36.4 Å². The average molecular weight is 510 g/mol. The second-order valence-electron chi connectivity index (χ2n) is 8.84. The van der Waals surface area contributed by atoms with Gasteiger partial charge in [-0.1, -0.05) is 24.3 Å². The van der Waals surface area contributed by atoms with E-state index in [2.05, 4.69) is 0 Å².